The molecule has 0 bridgehead atoms. The van der Waals surface area contributed by atoms with Crippen molar-refractivity contribution in [3.05, 3.63) is 17.0 Å². The van der Waals surface area contributed by atoms with Crippen molar-refractivity contribution in [3.8, 4) is 0 Å². The maximum Gasteiger partial charge on any atom is 0.191 e. The van der Waals surface area contributed by atoms with Gasteiger partial charge >= 0.3 is 0 Å². The first kappa shape index (κ1) is 20.7. The molecule has 0 spiro atoms. The molecular formula is C20H37N5O. The molecule has 1 aliphatic carbocycles. The third-order valence-corrected chi connectivity index (χ3v) is 5.33. The van der Waals surface area contributed by atoms with Crippen LogP contribution in [0.25, 0.3) is 0 Å². The van der Waals surface area contributed by atoms with Gasteiger partial charge in [-0.3, -0.25) is 9.67 Å². The Kier molecular flexibility index (Phi) is 8.42. The molecule has 1 aliphatic rings. The van der Waals surface area contributed by atoms with E-state index < -0.39 is 0 Å². The quantitative estimate of drug-likeness (QED) is 0.338. The molecule has 2 rings (SSSR count). The number of aromatic nitrogens is 2. The zero-order valence-corrected chi connectivity index (χ0v) is 17.3. The van der Waals surface area contributed by atoms with Crippen LogP contribution in [-0.2, 0) is 18.2 Å². The number of nitrogens with zero attached hydrogens (tertiary/aromatic N) is 3. The fourth-order valence-corrected chi connectivity index (χ4v) is 3.70. The van der Waals surface area contributed by atoms with Gasteiger partial charge in [-0.25, -0.2) is 0 Å². The van der Waals surface area contributed by atoms with Crippen molar-refractivity contribution in [2.45, 2.75) is 77.9 Å². The predicted molar refractivity (Wildman–Crippen MR) is 108 cm³/mol. The highest BCUT2D eigenvalue weighted by Gasteiger charge is 2.14. The molecular weight excluding hydrogens is 326 g/mol. The average molecular weight is 364 g/mol. The first-order valence-corrected chi connectivity index (χ1v) is 10.1. The van der Waals surface area contributed by atoms with E-state index in [0.29, 0.717) is 6.10 Å². The van der Waals surface area contributed by atoms with Crippen LogP contribution in [0.15, 0.2) is 4.99 Å². The lowest BCUT2D eigenvalue weighted by atomic mass is 10.1. The molecule has 1 fully saturated rings. The minimum absolute atomic E-state index is 0.283. The Morgan fingerprint density at radius 3 is 2.54 bits per heavy atom. The van der Waals surface area contributed by atoms with Crippen molar-refractivity contribution in [1.29, 1.82) is 0 Å². The Morgan fingerprint density at radius 2 is 1.96 bits per heavy atom. The fraction of sp³-hybridized carbons (Fsp3) is 0.800. The Bertz CT molecular complexity index is 573. The van der Waals surface area contributed by atoms with Gasteiger partial charge in [0.2, 0.25) is 0 Å². The van der Waals surface area contributed by atoms with E-state index in [1.807, 2.05) is 18.8 Å². The SMILES string of the molecule is CN=C(NCCOC1CCCCCC1)NC(C)Cc1c(C)nn(C)c1C. The molecule has 1 aromatic heterocycles. The van der Waals surface area contributed by atoms with Crippen LogP contribution in [0, 0.1) is 13.8 Å². The van der Waals surface area contributed by atoms with Gasteiger partial charge in [-0.1, -0.05) is 25.7 Å². The lowest BCUT2D eigenvalue weighted by molar-refractivity contribution is 0.0468. The van der Waals surface area contributed by atoms with Gasteiger partial charge in [0.25, 0.3) is 0 Å². The molecule has 0 saturated heterocycles. The molecule has 26 heavy (non-hydrogen) atoms. The van der Waals surface area contributed by atoms with Gasteiger partial charge in [-0.15, -0.1) is 0 Å². The average Bonchev–Trinajstić information content (AvgIpc) is 2.81. The number of guanidine groups is 1. The second-order valence-corrected chi connectivity index (χ2v) is 7.51. The highest BCUT2D eigenvalue weighted by Crippen LogP contribution is 2.19. The molecule has 0 amide bonds. The van der Waals surface area contributed by atoms with E-state index in [1.54, 1.807) is 0 Å². The maximum absolute atomic E-state index is 6.04. The Balaban J connectivity index is 1.71. The molecule has 0 aromatic carbocycles. The number of ether oxygens (including phenoxy) is 1. The molecule has 1 heterocycles. The molecule has 1 atom stereocenters. The molecule has 6 heteroatoms. The lowest BCUT2D eigenvalue weighted by Gasteiger charge is -2.19. The van der Waals surface area contributed by atoms with E-state index in [2.05, 4.69) is 41.5 Å². The van der Waals surface area contributed by atoms with E-state index in [1.165, 1.54) is 49.8 Å². The summed E-state index contributed by atoms with van der Waals surface area (Å²) in [4.78, 5) is 4.34. The van der Waals surface area contributed by atoms with Gasteiger partial charge in [0.1, 0.15) is 0 Å². The first-order valence-electron chi connectivity index (χ1n) is 10.1. The van der Waals surface area contributed by atoms with Crippen LogP contribution in [0.3, 0.4) is 0 Å². The number of hydrogen-bond donors (Lipinski definition) is 2. The van der Waals surface area contributed by atoms with Crippen LogP contribution >= 0.6 is 0 Å². The van der Waals surface area contributed by atoms with Gasteiger partial charge in [0.15, 0.2) is 5.96 Å². The van der Waals surface area contributed by atoms with Crippen molar-refractivity contribution in [2.24, 2.45) is 12.0 Å². The molecule has 1 saturated carbocycles. The Labute approximate surface area is 158 Å². The zero-order valence-electron chi connectivity index (χ0n) is 17.3. The molecule has 2 N–H and O–H groups in total. The monoisotopic (exact) mass is 363 g/mol. The van der Waals surface area contributed by atoms with Gasteiger partial charge in [0.05, 0.1) is 18.4 Å². The minimum atomic E-state index is 0.283. The predicted octanol–water partition coefficient (Wildman–Crippen LogP) is 2.87. The number of aryl methyl sites for hydroxylation is 2. The Hall–Kier alpha value is -1.56. The van der Waals surface area contributed by atoms with E-state index in [9.17, 15) is 0 Å². The standard InChI is InChI=1S/C20H37N5O/c1-15(14-19-16(2)24-25(5)17(19)3)23-20(21-4)22-12-13-26-18-10-8-6-7-9-11-18/h15,18H,6-14H2,1-5H3,(H2,21,22,23). The van der Waals surface area contributed by atoms with Crippen molar-refractivity contribution >= 4 is 5.96 Å². The van der Waals surface area contributed by atoms with Crippen LogP contribution < -0.4 is 10.6 Å². The fourth-order valence-electron chi connectivity index (χ4n) is 3.70. The summed E-state index contributed by atoms with van der Waals surface area (Å²) in [7, 11) is 3.81. The largest absolute Gasteiger partial charge is 0.376 e. The highest BCUT2D eigenvalue weighted by molar-refractivity contribution is 5.79. The van der Waals surface area contributed by atoms with Crippen LogP contribution in [0.4, 0.5) is 0 Å². The number of nitrogens with one attached hydrogen (secondary N) is 2. The molecule has 0 radical (unpaired) electrons. The number of hydrogen-bond acceptors (Lipinski definition) is 3. The number of aliphatic imine (C=N–C) groups is 1. The summed E-state index contributed by atoms with van der Waals surface area (Å²) in [5, 5.41) is 11.3. The topological polar surface area (TPSA) is 63.5 Å². The molecule has 148 valence electrons. The summed E-state index contributed by atoms with van der Waals surface area (Å²) in [5.74, 6) is 0.834. The maximum atomic E-state index is 6.04. The van der Waals surface area contributed by atoms with Gasteiger partial charge < -0.3 is 15.4 Å². The van der Waals surface area contributed by atoms with Gasteiger partial charge in [-0.2, -0.15) is 5.10 Å². The summed E-state index contributed by atoms with van der Waals surface area (Å²) in [6.45, 7) is 7.90. The van der Waals surface area contributed by atoms with Crippen LogP contribution in [-0.4, -0.2) is 48.1 Å². The third-order valence-electron chi connectivity index (χ3n) is 5.33. The van der Waals surface area contributed by atoms with E-state index in [0.717, 1.165) is 31.2 Å². The van der Waals surface area contributed by atoms with E-state index in [4.69, 9.17) is 4.74 Å². The van der Waals surface area contributed by atoms with Crippen LogP contribution in [0.2, 0.25) is 0 Å². The first-order chi connectivity index (χ1) is 12.5. The van der Waals surface area contributed by atoms with E-state index >= 15 is 0 Å². The summed E-state index contributed by atoms with van der Waals surface area (Å²) in [6.07, 6.45) is 9.17. The van der Waals surface area contributed by atoms with Crippen LogP contribution in [0.5, 0.6) is 0 Å². The molecule has 1 unspecified atom stereocenters. The lowest BCUT2D eigenvalue weighted by Crippen LogP contribution is -2.44. The van der Waals surface area contributed by atoms with Gasteiger partial charge in [-0.05, 0) is 45.6 Å². The van der Waals surface area contributed by atoms with Crippen molar-refractivity contribution in [2.75, 3.05) is 20.2 Å². The summed E-state index contributed by atoms with van der Waals surface area (Å²) >= 11 is 0. The van der Waals surface area contributed by atoms with Crippen molar-refractivity contribution in [1.82, 2.24) is 20.4 Å². The molecule has 1 aromatic rings. The van der Waals surface area contributed by atoms with Crippen LogP contribution in [0.1, 0.15) is 62.4 Å². The minimum Gasteiger partial charge on any atom is -0.376 e. The molecule has 6 nitrogen and oxygen atoms in total. The van der Waals surface area contributed by atoms with Crippen molar-refractivity contribution in [3.63, 3.8) is 0 Å². The highest BCUT2D eigenvalue weighted by atomic mass is 16.5. The number of rotatable bonds is 7. The second-order valence-electron chi connectivity index (χ2n) is 7.51. The Morgan fingerprint density at radius 1 is 1.27 bits per heavy atom. The second kappa shape index (κ2) is 10.6. The third kappa shape index (κ3) is 6.31. The van der Waals surface area contributed by atoms with E-state index in [-0.39, 0.29) is 6.04 Å². The zero-order chi connectivity index (χ0) is 18.9. The smallest absolute Gasteiger partial charge is 0.191 e. The summed E-state index contributed by atoms with van der Waals surface area (Å²) in [6, 6.07) is 0.283. The summed E-state index contributed by atoms with van der Waals surface area (Å²) < 4.78 is 7.99. The normalized spacial score (nSPS) is 17.8. The molecule has 0 aliphatic heterocycles. The summed E-state index contributed by atoms with van der Waals surface area (Å²) in [5.41, 5.74) is 3.66. The van der Waals surface area contributed by atoms with Gasteiger partial charge in [0, 0.05) is 32.4 Å². The van der Waals surface area contributed by atoms with Crippen molar-refractivity contribution < 1.29 is 4.74 Å².